The van der Waals surface area contributed by atoms with Crippen LogP contribution in [0.1, 0.15) is 34.8 Å². The number of aryl methyl sites for hydroxylation is 2. The van der Waals surface area contributed by atoms with Crippen LogP contribution in [0, 0.1) is 0 Å². The maximum Gasteiger partial charge on any atom is 0.118 e. The van der Waals surface area contributed by atoms with E-state index < -0.39 is 6.10 Å². The standard InChI is InChI=1S/C17H18O2/c1-19-16-9-7-13(8-10-16)17(18)15-6-5-12-3-2-4-14(12)11-15/h5-11,17-18H,2-4H2,1H3. The van der Waals surface area contributed by atoms with E-state index in [0.717, 1.165) is 23.3 Å². The second-order valence-electron chi connectivity index (χ2n) is 5.06. The van der Waals surface area contributed by atoms with Gasteiger partial charge in [0.2, 0.25) is 0 Å². The van der Waals surface area contributed by atoms with Crippen LogP contribution >= 0.6 is 0 Å². The second-order valence-corrected chi connectivity index (χ2v) is 5.06. The first-order valence-corrected chi connectivity index (χ1v) is 6.71. The molecule has 0 bridgehead atoms. The molecule has 2 aromatic rings. The van der Waals surface area contributed by atoms with E-state index in [-0.39, 0.29) is 0 Å². The summed E-state index contributed by atoms with van der Waals surface area (Å²) in [5.74, 6) is 0.810. The van der Waals surface area contributed by atoms with Gasteiger partial charge in [-0.2, -0.15) is 0 Å². The molecule has 0 saturated carbocycles. The molecule has 19 heavy (non-hydrogen) atoms. The zero-order valence-corrected chi connectivity index (χ0v) is 11.1. The van der Waals surface area contributed by atoms with Gasteiger partial charge in [0.05, 0.1) is 7.11 Å². The fraction of sp³-hybridized carbons (Fsp3) is 0.294. The summed E-state index contributed by atoms with van der Waals surface area (Å²) in [4.78, 5) is 0. The molecule has 2 nitrogen and oxygen atoms in total. The van der Waals surface area contributed by atoms with E-state index in [0.29, 0.717) is 0 Å². The number of benzene rings is 2. The molecule has 2 heteroatoms. The molecule has 1 atom stereocenters. The van der Waals surface area contributed by atoms with E-state index in [2.05, 4.69) is 12.1 Å². The lowest BCUT2D eigenvalue weighted by molar-refractivity contribution is 0.220. The largest absolute Gasteiger partial charge is 0.497 e. The lowest BCUT2D eigenvalue weighted by Crippen LogP contribution is -2.00. The van der Waals surface area contributed by atoms with Gasteiger partial charge < -0.3 is 9.84 Å². The Balaban J connectivity index is 1.88. The third-order valence-electron chi connectivity index (χ3n) is 3.87. The minimum Gasteiger partial charge on any atom is -0.497 e. The Morgan fingerprint density at radius 1 is 0.947 bits per heavy atom. The van der Waals surface area contributed by atoms with Crippen LogP contribution in [0.25, 0.3) is 0 Å². The van der Waals surface area contributed by atoms with Crippen LogP contribution in [-0.2, 0) is 12.8 Å². The molecule has 1 N–H and O–H groups in total. The molecule has 0 amide bonds. The van der Waals surface area contributed by atoms with Crippen LogP contribution in [0.2, 0.25) is 0 Å². The molecule has 3 rings (SSSR count). The molecule has 1 unspecified atom stereocenters. The average molecular weight is 254 g/mol. The fourth-order valence-electron chi connectivity index (χ4n) is 2.74. The Kier molecular flexibility index (Phi) is 3.26. The number of hydrogen-bond acceptors (Lipinski definition) is 2. The number of aliphatic hydroxyl groups is 1. The van der Waals surface area contributed by atoms with Gasteiger partial charge in [-0.05, 0) is 53.6 Å². The third kappa shape index (κ3) is 2.36. The highest BCUT2D eigenvalue weighted by Gasteiger charge is 2.15. The summed E-state index contributed by atoms with van der Waals surface area (Å²) in [6, 6.07) is 13.9. The fourth-order valence-corrected chi connectivity index (χ4v) is 2.74. The number of fused-ring (bicyclic) bond motifs is 1. The van der Waals surface area contributed by atoms with Gasteiger partial charge in [-0.1, -0.05) is 30.3 Å². The highest BCUT2D eigenvalue weighted by Crippen LogP contribution is 2.29. The molecule has 0 saturated heterocycles. The number of rotatable bonds is 3. The summed E-state index contributed by atoms with van der Waals surface area (Å²) in [5.41, 5.74) is 4.71. The maximum absolute atomic E-state index is 10.4. The van der Waals surface area contributed by atoms with Gasteiger partial charge in [0.25, 0.3) is 0 Å². The maximum atomic E-state index is 10.4. The Bertz CT molecular complexity index is 572. The number of aliphatic hydroxyl groups excluding tert-OH is 1. The first-order valence-electron chi connectivity index (χ1n) is 6.71. The van der Waals surface area contributed by atoms with Crippen LogP contribution in [0.3, 0.4) is 0 Å². The van der Waals surface area contributed by atoms with Crippen molar-refractivity contribution in [2.45, 2.75) is 25.4 Å². The SMILES string of the molecule is COc1ccc(C(O)c2ccc3c(c2)CCC3)cc1. The molecule has 0 fully saturated rings. The molecule has 2 aromatic carbocycles. The zero-order chi connectivity index (χ0) is 13.2. The minimum atomic E-state index is -0.559. The topological polar surface area (TPSA) is 29.5 Å². The smallest absolute Gasteiger partial charge is 0.118 e. The molecular formula is C17H18O2. The van der Waals surface area contributed by atoms with Gasteiger partial charge >= 0.3 is 0 Å². The Labute approximate surface area is 113 Å². The Morgan fingerprint density at radius 3 is 2.37 bits per heavy atom. The number of hydrogen-bond donors (Lipinski definition) is 1. The summed E-state index contributed by atoms with van der Waals surface area (Å²) in [6.07, 6.45) is 2.99. The predicted molar refractivity (Wildman–Crippen MR) is 75.5 cm³/mol. The second kappa shape index (κ2) is 5.06. The molecule has 1 aliphatic carbocycles. The van der Waals surface area contributed by atoms with Crippen molar-refractivity contribution in [1.82, 2.24) is 0 Å². The highest BCUT2D eigenvalue weighted by atomic mass is 16.5. The van der Waals surface area contributed by atoms with Crippen LogP contribution in [0.5, 0.6) is 5.75 Å². The molecule has 0 spiro atoms. The van der Waals surface area contributed by atoms with E-state index in [1.54, 1.807) is 7.11 Å². The third-order valence-corrected chi connectivity index (χ3v) is 3.87. The molecule has 0 aromatic heterocycles. The van der Waals surface area contributed by atoms with Gasteiger partial charge in [-0.3, -0.25) is 0 Å². The first-order chi connectivity index (χ1) is 9.28. The van der Waals surface area contributed by atoms with Crippen molar-refractivity contribution < 1.29 is 9.84 Å². The van der Waals surface area contributed by atoms with E-state index >= 15 is 0 Å². The first kappa shape index (κ1) is 12.2. The summed E-state index contributed by atoms with van der Waals surface area (Å²) >= 11 is 0. The lowest BCUT2D eigenvalue weighted by Gasteiger charge is -2.13. The Morgan fingerprint density at radius 2 is 1.63 bits per heavy atom. The van der Waals surface area contributed by atoms with Crippen molar-refractivity contribution in [2.24, 2.45) is 0 Å². The van der Waals surface area contributed by atoms with Crippen LogP contribution in [0.15, 0.2) is 42.5 Å². The Hall–Kier alpha value is -1.80. The van der Waals surface area contributed by atoms with E-state index in [1.165, 1.54) is 24.0 Å². The molecule has 0 heterocycles. The van der Waals surface area contributed by atoms with E-state index in [4.69, 9.17) is 4.74 Å². The summed E-state index contributed by atoms with van der Waals surface area (Å²) in [7, 11) is 1.64. The van der Waals surface area contributed by atoms with Gasteiger partial charge in [-0.25, -0.2) is 0 Å². The van der Waals surface area contributed by atoms with Gasteiger partial charge in [0.1, 0.15) is 11.9 Å². The predicted octanol–water partition coefficient (Wildman–Crippen LogP) is 3.27. The lowest BCUT2D eigenvalue weighted by atomic mass is 9.98. The number of ether oxygens (including phenoxy) is 1. The highest BCUT2D eigenvalue weighted by molar-refractivity contribution is 5.40. The van der Waals surface area contributed by atoms with Crippen molar-refractivity contribution in [3.63, 3.8) is 0 Å². The monoisotopic (exact) mass is 254 g/mol. The zero-order valence-electron chi connectivity index (χ0n) is 11.1. The number of methoxy groups -OCH3 is 1. The van der Waals surface area contributed by atoms with Crippen molar-refractivity contribution >= 4 is 0 Å². The molecule has 1 aliphatic rings. The molecule has 0 aliphatic heterocycles. The average Bonchev–Trinajstić information content (AvgIpc) is 2.94. The quantitative estimate of drug-likeness (QED) is 0.911. The van der Waals surface area contributed by atoms with Crippen molar-refractivity contribution in [3.05, 3.63) is 64.7 Å². The van der Waals surface area contributed by atoms with Crippen LogP contribution in [0.4, 0.5) is 0 Å². The van der Waals surface area contributed by atoms with Crippen molar-refractivity contribution in [2.75, 3.05) is 7.11 Å². The minimum absolute atomic E-state index is 0.559. The van der Waals surface area contributed by atoms with Crippen LogP contribution < -0.4 is 4.74 Å². The van der Waals surface area contributed by atoms with E-state index in [1.807, 2.05) is 30.3 Å². The van der Waals surface area contributed by atoms with Crippen molar-refractivity contribution in [1.29, 1.82) is 0 Å². The van der Waals surface area contributed by atoms with Crippen molar-refractivity contribution in [3.8, 4) is 5.75 Å². The normalized spacial score (nSPS) is 15.1. The summed E-state index contributed by atoms with van der Waals surface area (Å²) < 4.78 is 5.13. The van der Waals surface area contributed by atoms with Crippen LogP contribution in [-0.4, -0.2) is 12.2 Å². The molecular weight excluding hydrogens is 236 g/mol. The summed E-state index contributed by atoms with van der Waals surface area (Å²) in [5, 5.41) is 10.4. The van der Waals surface area contributed by atoms with Gasteiger partial charge in [0.15, 0.2) is 0 Å². The summed E-state index contributed by atoms with van der Waals surface area (Å²) in [6.45, 7) is 0. The van der Waals surface area contributed by atoms with Gasteiger partial charge in [0, 0.05) is 0 Å². The molecule has 98 valence electrons. The van der Waals surface area contributed by atoms with E-state index in [9.17, 15) is 5.11 Å². The van der Waals surface area contributed by atoms with Gasteiger partial charge in [-0.15, -0.1) is 0 Å². The molecule has 0 radical (unpaired) electrons.